The molecule has 0 amide bonds. The van der Waals surface area contributed by atoms with E-state index >= 15 is 0 Å². The lowest BCUT2D eigenvalue weighted by molar-refractivity contribution is -0.232. The van der Waals surface area contributed by atoms with Gasteiger partial charge in [-0.2, -0.15) is 0 Å². The summed E-state index contributed by atoms with van der Waals surface area (Å²) in [6.45, 7) is 6.15. The van der Waals surface area contributed by atoms with Crippen molar-refractivity contribution < 1.29 is 14.2 Å². The molecule has 0 aromatic heterocycles. The van der Waals surface area contributed by atoms with Crippen LogP contribution in [0, 0.1) is 5.92 Å². The van der Waals surface area contributed by atoms with Crippen LogP contribution in [-0.2, 0) is 14.2 Å². The molecule has 84 valence electrons. The van der Waals surface area contributed by atoms with E-state index in [2.05, 4.69) is 13.8 Å². The maximum Gasteiger partial charge on any atom is 0.173 e. The standard InChI is InChI=1S/C11H22O3/c1-9(2)11(13-5,14-6)7-10(3)8-12-4/h8-9H,7H2,1-6H3. The van der Waals surface area contributed by atoms with Crippen molar-refractivity contribution in [1.29, 1.82) is 0 Å². The Morgan fingerprint density at radius 1 is 1.21 bits per heavy atom. The molecule has 0 aromatic carbocycles. The summed E-state index contributed by atoms with van der Waals surface area (Å²) in [5.74, 6) is -0.253. The fraction of sp³-hybridized carbons (Fsp3) is 0.818. The van der Waals surface area contributed by atoms with Crippen molar-refractivity contribution in [2.45, 2.75) is 33.0 Å². The van der Waals surface area contributed by atoms with Gasteiger partial charge in [0.1, 0.15) is 0 Å². The van der Waals surface area contributed by atoms with Crippen LogP contribution in [0.25, 0.3) is 0 Å². The molecule has 0 radical (unpaired) electrons. The maximum absolute atomic E-state index is 5.45. The highest BCUT2D eigenvalue weighted by Crippen LogP contribution is 2.29. The summed E-state index contributed by atoms with van der Waals surface area (Å²) >= 11 is 0. The monoisotopic (exact) mass is 202 g/mol. The minimum Gasteiger partial charge on any atom is -0.504 e. The van der Waals surface area contributed by atoms with E-state index in [1.807, 2.05) is 6.92 Å². The van der Waals surface area contributed by atoms with Gasteiger partial charge in [0.2, 0.25) is 0 Å². The van der Waals surface area contributed by atoms with E-state index in [0.717, 1.165) is 5.57 Å². The van der Waals surface area contributed by atoms with Crippen molar-refractivity contribution in [3.8, 4) is 0 Å². The van der Waals surface area contributed by atoms with Gasteiger partial charge in [0.05, 0.1) is 13.4 Å². The Balaban J connectivity index is 4.58. The van der Waals surface area contributed by atoms with Crippen LogP contribution < -0.4 is 0 Å². The molecule has 0 aromatic rings. The molecule has 0 atom stereocenters. The Kier molecular flexibility index (Phi) is 5.81. The summed E-state index contributed by atoms with van der Waals surface area (Å²) in [5.41, 5.74) is 1.10. The van der Waals surface area contributed by atoms with Crippen LogP contribution in [0.2, 0.25) is 0 Å². The minimum absolute atomic E-state index is 0.290. The Morgan fingerprint density at radius 3 is 2.00 bits per heavy atom. The number of hydrogen-bond donors (Lipinski definition) is 0. The largest absolute Gasteiger partial charge is 0.504 e. The third-order valence-electron chi connectivity index (χ3n) is 2.41. The van der Waals surface area contributed by atoms with E-state index in [0.29, 0.717) is 6.42 Å². The molecule has 0 saturated carbocycles. The lowest BCUT2D eigenvalue weighted by Crippen LogP contribution is -2.39. The van der Waals surface area contributed by atoms with Crippen molar-refractivity contribution in [2.24, 2.45) is 5.92 Å². The van der Waals surface area contributed by atoms with Crippen LogP contribution in [0.4, 0.5) is 0 Å². The Hall–Kier alpha value is -0.540. The second kappa shape index (κ2) is 6.04. The zero-order valence-electron chi connectivity index (χ0n) is 10.1. The molecule has 0 heterocycles. The zero-order chi connectivity index (χ0) is 11.2. The van der Waals surface area contributed by atoms with Gasteiger partial charge in [-0.1, -0.05) is 13.8 Å². The number of methoxy groups -OCH3 is 3. The van der Waals surface area contributed by atoms with Gasteiger partial charge >= 0.3 is 0 Å². The van der Waals surface area contributed by atoms with Crippen molar-refractivity contribution in [3.63, 3.8) is 0 Å². The smallest absolute Gasteiger partial charge is 0.173 e. The van der Waals surface area contributed by atoms with Gasteiger partial charge < -0.3 is 14.2 Å². The Morgan fingerprint density at radius 2 is 1.71 bits per heavy atom. The number of hydrogen-bond acceptors (Lipinski definition) is 3. The van der Waals surface area contributed by atoms with Crippen molar-refractivity contribution in [2.75, 3.05) is 21.3 Å². The highest BCUT2D eigenvalue weighted by Gasteiger charge is 2.33. The SMILES string of the molecule is COC=C(C)CC(OC)(OC)C(C)C. The average Bonchev–Trinajstić information content (AvgIpc) is 2.14. The van der Waals surface area contributed by atoms with E-state index in [9.17, 15) is 0 Å². The van der Waals surface area contributed by atoms with E-state index < -0.39 is 5.79 Å². The molecule has 3 nitrogen and oxygen atoms in total. The third-order valence-corrected chi connectivity index (χ3v) is 2.41. The van der Waals surface area contributed by atoms with Gasteiger partial charge in [-0.25, -0.2) is 0 Å². The van der Waals surface area contributed by atoms with Gasteiger partial charge in [-0.05, 0) is 12.5 Å². The molecular weight excluding hydrogens is 180 g/mol. The van der Waals surface area contributed by atoms with Crippen LogP contribution >= 0.6 is 0 Å². The summed E-state index contributed by atoms with van der Waals surface area (Å²) in [5, 5.41) is 0. The second-order valence-corrected chi connectivity index (χ2v) is 3.75. The Bertz CT molecular complexity index is 181. The van der Waals surface area contributed by atoms with Crippen LogP contribution in [0.15, 0.2) is 11.8 Å². The molecule has 0 N–H and O–H groups in total. The molecule has 0 fully saturated rings. The summed E-state index contributed by atoms with van der Waals surface area (Å²) in [7, 11) is 4.98. The van der Waals surface area contributed by atoms with E-state index in [1.54, 1.807) is 27.6 Å². The average molecular weight is 202 g/mol. The lowest BCUT2D eigenvalue weighted by atomic mass is 9.96. The normalized spacial score (nSPS) is 13.5. The predicted octanol–water partition coefficient (Wildman–Crippen LogP) is 2.57. The van der Waals surface area contributed by atoms with Crippen molar-refractivity contribution in [3.05, 3.63) is 11.8 Å². The summed E-state index contributed by atoms with van der Waals surface area (Å²) < 4.78 is 15.8. The minimum atomic E-state index is -0.543. The molecule has 0 aliphatic rings. The fourth-order valence-corrected chi connectivity index (χ4v) is 1.53. The molecule has 0 spiro atoms. The second-order valence-electron chi connectivity index (χ2n) is 3.75. The zero-order valence-corrected chi connectivity index (χ0v) is 10.1. The molecule has 0 unspecified atom stereocenters. The summed E-state index contributed by atoms with van der Waals surface area (Å²) in [4.78, 5) is 0. The van der Waals surface area contributed by atoms with Gasteiger partial charge in [0.25, 0.3) is 0 Å². The molecule has 0 rings (SSSR count). The molecule has 14 heavy (non-hydrogen) atoms. The van der Waals surface area contributed by atoms with E-state index in [4.69, 9.17) is 14.2 Å². The molecular formula is C11H22O3. The van der Waals surface area contributed by atoms with Gasteiger partial charge in [0, 0.05) is 26.6 Å². The summed E-state index contributed by atoms with van der Waals surface area (Å²) in [6, 6.07) is 0. The van der Waals surface area contributed by atoms with Gasteiger partial charge in [-0.15, -0.1) is 0 Å². The first-order valence-corrected chi connectivity index (χ1v) is 4.81. The first-order valence-electron chi connectivity index (χ1n) is 4.81. The van der Waals surface area contributed by atoms with Crippen LogP contribution in [0.3, 0.4) is 0 Å². The quantitative estimate of drug-likeness (QED) is 0.489. The highest BCUT2D eigenvalue weighted by atomic mass is 16.7. The first-order chi connectivity index (χ1) is 6.52. The molecule has 0 aliphatic carbocycles. The first kappa shape index (κ1) is 13.5. The van der Waals surface area contributed by atoms with Crippen LogP contribution in [0.5, 0.6) is 0 Å². The third kappa shape index (κ3) is 3.31. The predicted molar refractivity (Wildman–Crippen MR) is 57.0 cm³/mol. The molecule has 3 heteroatoms. The molecule has 0 bridgehead atoms. The van der Waals surface area contributed by atoms with E-state index in [1.165, 1.54) is 0 Å². The number of ether oxygens (including phenoxy) is 3. The van der Waals surface area contributed by atoms with Crippen LogP contribution in [0.1, 0.15) is 27.2 Å². The van der Waals surface area contributed by atoms with Gasteiger partial charge in [0.15, 0.2) is 5.79 Å². The number of rotatable bonds is 6. The van der Waals surface area contributed by atoms with Crippen molar-refractivity contribution in [1.82, 2.24) is 0 Å². The Labute approximate surface area is 87.0 Å². The lowest BCUT2D eigenvalue weighted by Gasteiger charge is -2.35. The maximum atomic E-state index is 5.45. The summed E-state index contributed by atoms with van der Waals surface area (Å²) in [6.07, 6.45) is 2.43. The van der Waals surface area contributed by atoms with E-state index in [-0.39, 0.29) is 5.92 Å². The highest BCUT2D eigenvalue weighted by molar-refractivity contribution is 4.99. The van der Waals surface area contributed by atoms with Crippen molar-refractivity contribution >= 4 is 0 Å². The topological polar surface area (TPSA) is 27.7 Å². The molecule has 0 saturated heterocycles. The molecule has 0 aliphatic heterocycles. The van der Waals surface area contributed by atoms with Crippen LogP contribution in [-0.4, -0.2) is 27.1 Å². The van der Waals surface area contributed by atoms with Gasteiger partial charge in [-0.3, -0.25) is 0 Å². The fourth-order valence-electron chi connectivity index (χ4n) is 1.53.